The highest BCUT2D eigenvalue weighted by Crippen LogP contribution is 2.41. The van der Waals surface area contributed by atoms with Gasteiger partial charge in [0.2, 0.25) is 0 Å². The maximum absolute atomic E-state index is 12.1. The molecule has 1 atom stereocenters. The molecule has 2 N–H and O–H groups in total. The molecule has 7 heteroatoms. The first-order valence-corrected chi connectivity index (χ1v) is 8.63. The van der Waals surface area contributed by atoms with Gasteiger partial charge in [0.1, 0.15) is 18.4 Å². The van der Waals surface area contributed by atoms with Crippen molar-refractivity contribution in [2.75, 3.05) is 24.6 Å². The smallest absolute Gasteiger partial charge is 0.262 e. The molecule has 0 aliphatic carbocycles. The Hall–Kier alpha value is -2.54. The number of ether oxygens (including phenoxy) is 1. The summed E-state index contributed by atoms with van der Waals surface area (Å²) in [6.07, 6.45) is 2.22. The van der Waals surface area contributed by atoms with Crippen LogP contribution in [0.4, 0.5) is 5.69 Å². The molecule has 1 aromatic carbocycles. The fraction of sp³-hybridized carbons (Fsp3) is 0.444. The van der Waals surface area contributed by atoms with E-state index < -0.39 is 0 Å². The average Bonchev–Trinajstić information content (AvgIpc) is 2.90. The standard InChI is InChI=1S/C18H21N5O2/c1-10-6-22(18(3)8-19-9-18)13-5-14-15(4-12(10)13)25-7-16-20-21-17(24)11(2)23(14)16/h4-6,11,19H,7-9H2,1-3H3,(H,21,24)/t11-/m1/s1. The number of benzene rings is 1. The molecular formula is C18H21N5O2. The highest BCUT2D eigenvalue weighted by Gasteiger charge is 2.38. The molecule has 0 unspecified atom stereocenters. The van der Waals surface area contributed by atoms with Gasteiger partial charge in [0.05, 0.1) is 16.7 Å². The molecule has 1 fully saturated rings. The van der Waals surface area contributed by atoms with Gasteiger partial charge >= 0.3 is 0 Å². The molecule has 0 radical (unpaired) electrons. The largest absolute Gasteiger partial charge is 0.483 e. The second kappa shape index (κ2) is 4.76. The van der Waals surface area contributed by atoms with Crippen molar-refractivity contribution in [2.45, 2.75) is 32.4 Å². The number of amides is 1. The monoisotopic (exact) mass is 339 g/mol. The summed E-state index contributed by atoms with van der Waals surface area (Å²) in [5.74, 6) is 1.45. The second-order valence-electron chi connectivity index (χ2n) is 7.46. The van der Waals surface area contributed by atoms with E-state index in [1.165, 1.54) is 16.5 Å². The SMILES string of the molecule is Cc1cn(C2(C)CNC2)c2cc3c(cc12)OCC1=NNC(=O)[C@@H](C)N13. The first-order valence-electron chi connectivity index (χ1n) is 8.63. The summed E-state index contributed by atoms with van der Waals surface area (Å²) in [6.45, 7) is 8.57. The van der Waals surface area contributed by atoms with Gasteiger partial charge in [-0.05, 0) is 38.5 Å². The van der Waals surface area contributed by atoms with Gasteiger partial charge in [-0.25, -0.2) is 5.43 Å². The molecule has 0 spiro atoms. The molecule has 25 heavy (non-hydrogen) atoms. The number of anilines is 1. The predicted molar refractivity (Wildman–Crippen MR) is 96.2 cm³/mol. The maximum atomic E-state index is 12.1. The van der Waals surface area contributed by atoms with E-state index >= 15 is 0 Å². The molecule has 1 saturated heterocycles. The van der Waals surface area contributed by atoms with Crippen molar-refractivity contribution in [3.63, 3.8) is 0 Å². The lowest BCUT2D eigenvalue weighted by atomic mass is 9.94. The number of rotatable bonds is 1. The van der Waals surface area contributed by atoms with Crippen LogP contribution in [-0.4, -0.2) is 42.0 Å². The number of nitrogens with zero attached hydrogens (tertiary/aromatic N) is 3. The van der Waals surface area contributed by atoms with E-state index in [9.17, 15) is 4.79 Å². The summed E-state index contributed by atoms with van der Waals surface area (Å²) >= 11 is 0. The minimum absolute atomic E-state index is 0.0814. The Morgan fingerprint density at radius 2 is 2.16 bits per heavy atom. The highest BCUT2D eigenvalue weighted by atomic mass is 16.5. The molecule has 3 aliphatic rings. The van der Waals surface area contributed by atoms with Crippen LogP contribution in [0, 0.1) is 6.92 Å². The van der Waals surface area contributed by atoms with Gasteiger partial charge in [-0.2, -0.15) is 5.10 Å². The molecule has 0 saturated carbocycles. The minimum Gasteiger partial charge on any atom is -0.483 e. The molecule has 4 heterocycles. The van der Waals surface area contributed by atoms with Gasteiger partial charge in [-0.1, -0.05) is 0 Å². The van der Waals surface area contributed by atoms with E-state index in [2.05, 4.69) is 52.6 Å². The van der Waals surface area contributed by atoms with E-state index in [1.807, 2.05) is 11.8 Å². The molecule has 1 aromatic heterocycles. The molecule has 3 aliphatic heterocycles. The highest BCUT2D eigenvalue weighted by molar-refractivity contribution is 6.10. The van der Waals surface area contributed by atoms with Crippen LogP contribution in [0.1, 0.15) is 19.4 Å². The summed E-state index contributed by atoms with van der Waals surface area (Å²) in [4.78, 5) is 14.1. The number of fused-ring (bicyclic) bond motifs is 4. The number of aryl methyl sites for hydroxylation is 1. The lowest BCUT2D eigenvalue weighted by molar-refractivity contribution is -0.122. The zero-order chi connectivity index (χ0) is 17.3. The van der Waals surface area contributed by atoms with Crippen LogP contribution < -0.4 is 20.4 Å². The van der Waals surface area contributed by atoms with Crippen molar-refractivity contribution in [1.29, 1.82) is 0 Å². The van der Waals surface area contributed by atoms with E-state index in [4.69, 9.17) is 4.74 Å². The lowest BCUT2D eigenvalue weighted by Gasteiger charge is -2.42. The van der Waals surface area contributed by atoms with Crippen LogP contribution in [0.2, 0.25) is 0 Å². The van der Waals surface area contributed by atoms with Crippen LogP contribution in [0.25, 0.3) is 10.9 Å². The van der Waals surface area contributed by atoms with Crippen molar-refractivity contribution < 1.29 is 9.53 Å². The van der Waals surface area contributed by atoms with Crippen molar-refractivity contribution >= 4 is 28.3 Å². The van der Waals surface area contributed by atoms with Gasteiger partial charge in [-0.3, -0.25) is 4.79 Å². The van der Waals surface area contributed by atoms with Crippen LogP contribution >= 0.6 is 0 Å². The van der Waals surface area contributed by atoms with E-state index in [0.29, 0.717) is 6.61 Å². The topological polar surface area (TPSA) is 70.9 Å². The number of hydrogen-bond acceptors (Lipinski definition) is 5. The Labute approximate surface area is 145 Å². The molecule has 130 valence electrons. The van der Waals surface area contributed by atoms with Gasteiger partial charge < -0.3 is 19.5 Å². The molecule has 0 bridgehead atoms. The van der Waals surface area contributed by atoms with Crippen LogP contribution in [-0.2, 0) is 10.3 Å². The number of hydrazone groups is 1. The number of hydrogen-bond donors (Lipinski definition) is 2. The van der Waals surface area contributed by atoms with Crippen LogP contribution in [0.3, 0.4) is 0 Å². The minimum atomic E-state index is -0.307. The third-order valence-corrected chi connectivity index (χ3v) is 5.63. The first-order chi connectivity index (χ1) is 12.0. The third-order valence-electron chi connectivity index (χ3n) is 5.63. The zero-order valence-electron chi connectivity index (χ0n) is 14.6. The van der Waals surface area contributed by atoms with Crippen LogP contribution in [0.5, 0.6) is 5.75 Å². The quantitative estimate of drug-likeness (QED) is 0.822. The Morgan fingerprint density at radius 3 is 2.88 bits per heavy atom. The fourth-order valence-electron chi connectivity index (χ4n) is 4.01. The number of aromatic nitrogens is 1. The van der Waals surface area contributed by atoms with Gasteiger partial charge in [0.15, 0.2) is 5.84 Å². The first kappa shape index (κ1) is 14.8. The molecular weight excluding hydrogens is 318 g/mol. The van der Waals surface area contributed by atoms with Crippen molar-refractivity contribution in [1.82, 2.24) is 15.3 Å². The molecule has 1 amide bonds. The summed E-state index contributed by atoms with van der Waals surface area (Å²) < 4.78 is 8.29. The Bertz CT molecular complexity index is 941. The van der Waals surface area contributed by atoms with Gasteiger partial charge in [-0.15, -0.1) is 0 Å². The Balaban J connectivity index is 1.73. The average molecular weight is 339 g/mol. The lowest BCUT2D eigenvalue weighted by Crippen LogP contribution is -2.58. The molecule has 7 nitrogen and oxygen atoms in total. The Morgan fingerprint density at radius 1 is 1.36 bits per heavy atom. The van der Waals surface area contributed by atoms with Crippen LogP contribution in [0.15, 0.2) is 23.4 Å². The molecule has 5 rings (SSSR count). The number of nitrogens with one attached hydrogen (secondary N) is 2. The third kappa shape index (κ3) is 1.90. The molecule has 2 aromatic rings. The number of amidine groups is 1. The van der Waals surface area contributed by atoms with Gasteiger partial charge in [0, 0.05) is 24.7 Å². The van der Waals surface area contributed by atoms with E-state index in [-0.39, 0.29) is 17.5 Å². The number of carbonyl (C=O) groups excluding carboxylic acids is 1. The number of carbonyl (C=O) groups is 1. The van der Waals surface area contributed by atoms with E-state index in [1.54, 1.807) is 0 Å². The fourth-order valence-corrected chi connectivity index (χ4v) is 4.01. The predicted octanol–water partition coefficient (Wildman–Crippen LogP) is 1.30. The maximum Gasteiger partial charge on any atom is 0.262 e. The van der Waals surface area contributed by atoms with Gasteiger partial charge in [0.25, 0.3) is 5.91 Å². The summed E-state index contributed by atoms with van der Waals surface area (Å²) in [5, 5.41) is 8.73. The van der Waals surface area contributed by atoms with Crippen molar-refractivity contribution in [3.05, 3.63) is 23.9 Å². The summed E-state index contributed by atoms with van der Waals surface area (Å²) in [7, 11) is 0. The van der Waals surface area contributed by atoms with Crippen molar-refractivity contribution in [3.8, 4) is 5.75 Å². The zero-order valence-corrected chi connectivity index (χ0v) is 14.6. The second-order valence-corrected chi connectivity index (χ2v) is 7.46. The van der Waals surface area contributed by atoms with E-state index in [0.717, 1.165) is 30.4 Å². The van der Waals surface area contributed by atoms with Crippen molar-refractivity contribution in [2.24, 2.45) is 5.10 Å². The normalized spacial score (nSPS) is 24.0. The summed E-state index contributed by atoms with van der Waals surface area (Å²) in [5.41, 5.74) is 5.97. The Kier molecular flexibility index (Phi) is 2.81. The summed E-state index contributed by atoms with van der Waals surface area (Å²) in [6, 6.07) is 3.94.